The van der Waals surface area contributed by atoms with Gasteiger partial charge in [0.15, 0.2) is 0 Å². The predicted molar refractivity (Wildman–Crippen MR) is 72.6 cm³/mol. The average molecular weight is 290 g/mol. The van der Waals surface area contributed by atoms with Crippen LogP contribution in [0.3, 0.4) is 0 Å². The Kier molecular flexibility index (Phi) is 6.24. The number of hydrogen-bond donors (Lipinski definition) is 0. The lowest BCUT2D eigenvalue weighted by Gasteiger charge is -2.27. The van der Waals surface area contributed by atoms with Crippen LogP contribution in [0.4, 0.5) is 0 Å². The molecule has 1 aliphatic rings. The molecule has 0 unspecified atom stereocenters. The van der Waals surface area contributed by atoms with E-state index in [0.717, 1.165) is 0 Å². The Morgan fingerprint density at radius 3 is 2.37 bits per heavy atom. The molecule has 0 aromatic rings. The quantitative estimate of drug-likeness (QED) is 0.669. The largest absolute Gasteiger partial charge is 0.529 e. The summed E-state index contributed by atoms with van der Waals surface area (Å²) < 4.78 is 27.8. The normalized spacial score (nSPS) is 23.9. The number of carbonyl (C=O) groups is 1. The zero-order valence-corrected chi connectivity index (χ0v) is 12.9. The SMILES string of the molecule is CCOP(=O)(OCC)OC1=C[C@@H](C)[C@@H](C(C)=O)CC1. The Hall–Kier alpha value is -0.640. The Bertz CT molecular complexity index is 380. The van der Waals surface area contributed by atoms with Crippen molar-refractivity contribution in [2.75, 3.05) is 13.2 Å². The van der Waals surface area contributed by atoms with E-state index in [2.05, 4.69) is 0 Å². The molecule has 0 aromatic carbocycles. The molecule has 0 radical (unpaired) electrons. The van der Waals surface area contributed by atoms with Gasteiger partial charge < -0.3 is 4.52 Å². The highest BCUT2D eigenvalue weighted by atomic mass is 31.2. The molecule has 0 heterocycles. The standard InChI is InChI=1S/C13H23O5P/c1-5-16-19(15,17-6-2)18-12-7-8-13(11(4)14)10(3)9-12/h9-10,13H,5-8H2,1-4H3/t10-,13+/m1/s1. The first-order valence-corrected chi connectivity index (χ1v) is 8.17. The van der Waals surface area contributed by atoms with Crippen molar-refractivity contribution >= 4 is 13.6 Å². The van der Waals surface area contributed by atoms with Crippen molar-refractivity contribution < 1.29 is 22.9 Å². The molecule has 0 fully saturated rings. The summed E-state index contributed by atoms with van der Waals surface area (Å²) in [7, 11) is -3.51. The third-order valence-electron chi connectivity index (χ3n) is 3.11. The second-order valence-electron chi connectivity index (χ2n) is 4.62. The molecule has 6 heteroatoms. The van der Waals surface area contributed by atoms with Crippen LogP contribution >= 0.6 is 7.82 Å². The van der Waals surface area contributed by atoms with Gasteiger partial charge in [-0.2, -0.15) is 0 Å². The minimum Gasteiger partial charge on any atom is -0.409 e. The first-order valence-electron chi connectivity index (χ1n) is 6.71. The lowest BCUT2D eigenvalue weighted by Crippen LogP contribution is -2.22. The van der Waals surface area contributed by atoms with Gasteiger partial charge in [0.05, 0.1) is 13.2 Å². The second kappa shape index (κ2) is 7.22. The summed E-state index contributed by atoms with van der Waals surface area (Å²) in [5.74, 6) is 0.875. The fraction of sp³-hybridized carbons (Fsp3) is 0.769. The van der Waals surface area contributed by atoms with Crippen molar-refractivity contribution in [3.05, 3.63) is 11.8 Å². The average Bonchev–Trinajstić information content (AvgIpc) is 2.28. The van der Waals surface area contributed by atoms with Crippen LogP contribution in [0.1, 0.15) is 40.5 Å². The van der Waals surface area contributed by atoms with Crippen molar-refractivity contribution in [3.8, 4) is 0 Å². The van der Waals surface area contributed by atoms with Gasteiger partial charge in [0.2, 0.25) is 0 Å². The molecule has 0 saturated heterocycles. The first kappa shape index (κ1) is 16.4. The molecule has 1 aliphatic carbocycles. The fourth-order valence-corrected chi connectivity index (χ4v) is 3.50. The van der Waals surface area contributed by atoms with Crippen molar-refractivity contribution in [1.82, 2.24) is 0 Å². The molecule has 0 amide bonds. The Labute approximate surface area is 114 Å². The van der Waals surface area contributed by atoms with Gasteiger partial charge in [0.1, 0.15) is 11.5 Å². The van der Waals surface area contributed by atoms with E-state index in [9.17, 15) is 9.36 Å². The maximum absolute atomic E-state index is 12.2. The van der Waals surface area contributed by atoms with Crippen molar-refractivity contribution in [1.29, 1.82) is 0 Å². The second-order valence-corrected chi connectivity index (χ2v) is 6.22. The molecule has 0 spiro atoms. The van der Waals surface area contributed by atoms with Gasteiger partial charge in [-0.15, -0.1) is 0 Å². The van der Waals surface area contributed by atoms with Crippen LogP contribution in [0.25, 0.3) is 0 Å². The fourth-order valence-electron chi connectivity index (χ4n) is 2.25. The molecule has 0 bridgehead atoms. The highest BCUT2D eigenvalue weighted by Crippen LogP contribution is 2.52. The molecular formula is C13H23O5P. The third kappa shape index (κ3) is 4.75. The molecule has 110 valence electrons. The lowest BCUT2D eigenvalue weighted by atomic mass is 9.82. The summed E-state index contributed by atoms with van der Waals surface area (Å²) in [5.41, 5.74) is 0. The smallest absolute Gasteiger partial charge is 0.409 e. The zero-order valence-electron chi connectivity index (χ0n) is 12.0. The van der Waals surface area contributed by atoms with E-state index in [-0.39, 0.29) is 30.8 Å². The van der Waals surface area contributed by atoms with Crippen LogP contribution in [0, 0.1) is 11.8 Å². The van der Waals surface area contributed by atoms with Gasteiger partial charge in [-0.05, 0) is 39.2 Å². The van der Waals surface area contributed by atoms with Gasteiger partial charge in [0.25, 0.3) is 0 Å². The van der Waals surface area contributed by atoms with Crippen LogP contribution in [-0.2, 0) is 22.9 Å². The van der Waals surface area contributed by atoms with Crippen molar-refractivity contribution in [2.45, 2.75) is 40.5 Å². The van der Waals surface area contributed by atoms with Crippen molar-refractivity contribution in [2.24, 2.45) is 11.8 Å². The number of ketones is 1. The summed E-state index contributed by atoms with van der Waals surface area (Å²) in [6.45, 7) is 7.55. The van der Waals surface area contributed by atoms with Gasteiger partial charge in [-0.3, -0.25) is 13.8 Å². The van der Waals surface area contributed by atoms with Gasteiger partial charge >= 0.3 is 7.82 Å². The number of Topliss-reactive ketones (excluding diaryl/α,β-unsaturated/α-hetero) is 1. The molecule has 1 rings (SSSR count). The highest BCUT2D eigenvalue weighted by Gasteiger charge is 2.32. The minimum atomic E-state index is -3.51. The molecule has 0 N–H and O–H groups in total. The number of hydrogen-bond acceptors (Lipinski definition) is 5. The van der Waals surface area contributed by atoms with E-state index in [1.807, 2.05) is 13.0 Å². The Morgan fingerprint density at radius 2 is 1.95 bits per heavy atom. The van der Waals surface area contributed by atoms with Crippen LogP contribution in [0.15, 0.2) is 11.8 Å². The van der Waals surface area contributed by atoms with Crippen LogP contribution < -0.4 is 0 Å². The summed E-state index contributed by atoms with van der Waals surface area (Å²) in [5, 5.41) is 0. The monoisotopic (exact) mass is 290 g/mol. The Morgan fingerprint density at radius 1 is 1.37 bits per heavy atom. The Balaban J connectivity index is 2.74. The lowest BCUT2D eigenvalue weighted by molar-refractivity contribution is -0.122. The van der Waals surface area contributed by atoms with E-state index in [1.165, 1.54) is 0 Å². The third-order valence-corrected chi connectivity index (χ3v) is 4.72. The number of rotatable bonds is 7. The summed E-state index contributed by atoms with van der Waals surface area (Å²) in [6.07, 6.45) is 3.14. The van der Waals surface area contributed by atoms with E-state index in [1.54, 1.807) is 20.8 Å². The molecular weight excluding hydrogens is 267 g/mol. The van der Waals surface area contributed by atoms with Crippen LogP contribution in [-0.4, -0.2) is 19.0 Å². The molecule has 5 nitrogen and oxygen atoms in total. The van der Waals surface area contributed by atoms with Gasteiger partial charge in [0, 0.05) is 12.3 Å². The van der Waals surface area contributed by atoms with Crippen molar-refractivity contribution in [3.63, 3.8) is 0 Å². The summed E-state index contributed by atoms with van der Waals surface area (Å²) in [6, 6.07) is 0. The first-order chi connectivity index (χ1) is 8.91. The van der Waals surface area contributed by atoms with E-state index in [4.69, 9.17) is 13.6 Å². The molecule has 19 heavy (non-hydrogen) atoms. The number of allylic oxidation sites excluding steroid dienone is 2. The molecule has 2 atom stereocenters. The highest BCUT2D eigenvalue weighted by molar-refractivity contribution is 7.48. The number of phosphoric ester groups is 1. The molecule has 0 aromatic heterocycles. The number of phosphoric acid groups is 1. The molecule has 0 saturated carbocycles. The maximum Gasteiger partial charge on any atom is 0.529 e. The predicted octanol–water partition coefficient (Wildman–Crippen LogP) is 3.70. The topological polar surface area (TPSA) is 61.8 Å². The van der Waals surface area contributed by atoms with Crippen LogP contribution in [0.5, 0.6) is 0 Å². The van der Waals surface area contributed by atoms with E-state index in [0.29, 0.717) is 18.6 Å². The minimum absolute atomic E-state index is 0.0194. The van der Waals surface area contributed by atoms with Gasteiger partial charge in [-0.1, -0.05) is 6.92 Å². The summed E-state index contributed by atoms with van der Waals surface area (Å²) >= 11 is 0. The van der Waals surface area contributed by atoms with E-state index >= 15 is 0 Å². The summed E-state index contributed by atoms with van der Waals surface area (Å²) in [4.78, 5) is 11.4. The maximum atomic E-state index is 12.2. The molecule has 0 aliphatic heterocycles. The van der Waals surface area contributed by atoms with Crippen LogP contribution in [0.2, 0.25) is 0 Å². The van der Waals surface area contributed by atoms with Gasteiger partial charge in [-0.25, -0.2) is 4.57 Å². The van der Waals surface area contributed by atoms with E-state index < -0.39 is 7.82 Å². The zero-order chi connectivity index (χ0) is 14.5. The number of carbonyl (C=O) groups excluding carboxylic acids is 1.